The van der Waals surface area contributed by atoms with E-state index >= 15 is 0 Å². The molecule has 2 aliphatic heterocycles. The molecule has 0 aromatic heterocycles. The molecule has 1 saturated heterocycles. The minimum atomic E-state index is -0.246. The fourth-order valence-corrected chi connectivity index (χ4v) is 3.49. The zero-order valence-electron chi connectivity index (χ0n) is 14.5. The molecule has 0 spiro atoms. The summed E-state index contributed by atoms with van der Waals surface area (Å²) < 4.78 is 0. The molecule has 1 fully saturated rings. The highest BCUT2D eigenvalue weighted by atomic mass is 16.3. The molecule has 1 aromatic rings. The van der Waals surface area contributed by atoms with Crippen LogP contribution in [0.4, 0.5) is 0 Å². The number of amides is 2. The molecule has 2 heterocycles. The summed E-state index contributed by atoms with van der Waals surface area (Å²) in [6.07, 6.45) is 1.87. The van der Waals surface area contributed by atoms with Crippen LogP contribution >= 0.6 is 0 Å². The fourth-order valence-electron chi connectivity index (χ4n) is 3.49. The summed E-state index contributed by atoms with van der Waals surface area (Å²) in [5.74, 6) is -0.336. The van der Waals surface area contributed by atoms with E-state index in [4.69, 9.17) is 0 Å². The maximum atomic E-state index is 12.7. The first kappa shape index (κ1) is 16.7. The Hall–Kier alpha value is -2.14. The van der Waals surface area contributed by atoms with E-state index in [1.807, 2.05) is 36.9 Å². The minimum absolute atomic E-state index is 0.112. The summed E-state index contributed by atoms with van der Waals surface area (Å²) in [6, 6.07) is 5.87. The highest BCUT2D eigenvalue weighted by Crippen LogP contribution is 2.33. The third-order valence-corrected chi connectivity index (χ3v) is 5.15. The van der Waals surface area contributed by atoms with Crippen LogP contribution in [0.15, 0.2) is 23.9 Å². The number of benzene rings is 1. The molecule has 3 rings (SSSR count). The van der Waals surface area contributed by atoms with E-state index in [9.17, 15) is 14.7 Å². The molecule has 1 atom stereocenters. The van der Waals surface area contributed by atoms with Gasteiger partial charge in [-0.15, -0.1) is 0 Å². The van der Waals surface area contributed by atoms with Crippen molar-refractivity contribution in [3.8, 4) is 0 Å². The van der Waals surface area contributed by atoms with Crippen LogP contribution in [0, 0.1) is 19.8 Å². The molecule has 2 aliphatic rings. The van der Waals surface area contributed by atoms with Gasteiger partial charge in [0.15, 0.2) is 0 Å². The van der Waals surface area contributed by atoms with E-state index in [1.54, 1.807) is 0 Å². The molecule has 0 bridgehead atoms. The van der Waals surface area contributed by atoms with Crippen LogP contribution in [0.5, 0.6) is 0 Å². The van der Waals surface area contributed by atoms with Gasteiger partial charge in [0.2, 0.25) is 0 Å². The molecule has 1 aromatic carbocycles. The molecule has 128 valence electrons. The van der Waals surface area contributed by atoms with E-state index in [-0.39, 0.29) is 24.3 Å². The highest BCUT2D eigenvalue weighted by molar-refractivity contribution is 6.35. The summed E-state index contributed by atoms with van der Waals surface area (Å²) in [4.78, 5) is 28.6. The van der Waals surface area contributed by atoms with Crippen molar-refractivity contribution in [2.24, 2.45) is 5.92 Å². The van der Waals surface area contributed by atoms with Gasteiger partial charge in [-0.25, -0.2) is 0 Å². The predicted molar refractivity (Wildman–Crippen MR) is 92.0 cm³/mol. The Morgan fingerprint density at radius 3 is 2.58 bits per heavy atom. The first-order valence-electron chi connectivity index (χ1n) is 8.44. The summed E-state index contributed by atoms with van der Waals surface area (Å²) in [5, 5.41) is 9.47. The number of aliphatic hydroxyl groups is 1. The third kappa shape index (κ3) is 2.73. The maximum Gasteiger partial charge on any atom is 0.277 e. The number of aryl methyl sites for hydroxylation is 2. The molecule has 1 unspecified atom stereocenters. The number of hydrogen-bond acceptors (Lipinski definition) is 4. The number of imide groups is 1. The number of hydrogen-bond donors (Lipinski definition) is 1. The summed E-state index contributed by atoms with van der Waals surface area (Å²) in [6.45, 7) is 5.51. The molecule has 5 heteroatoms. The monoisotopic (exact) mass is 328 g/mol. The van der Waals surface area contributed by atoms with Crippen molar-refractivity contribution in [3.63, 3.8) is 0 Å². The molecule has 24 heavy (non-hydrogen) atoms. The van der Waals surface area contributed by atoms with Gasteiger partial charge in [-0.1, -0.05) is 18.2 Å². The smallest absolute Gasteiger partial charge is 0.277 e. The number of piperidine rings is 1. The van der Waals surface area contributed by atoms with Crippen LogP contribution < -0.4 is 0 Å². The normalized spacial score (nSPS) is 21.9. The number of carbonyl (C=O) groups excluding carboxylic acids is 2. The van der Waals surface area contributed by atoms with Gasteiger partial charge in [-0.05, 0) is 49.3 Å². The standard InChI is InChI=1S/C19H24N2O3/c1-12-6-7-15(9-13(12)2)16-17(19(24)20(3)18(16)23)21-8-4-5-14(10-21)11-22/h6-7,9,14,22H,4-5,8,10-11H2,1-3H3. The van der Waals surface area contributed by atoms with Gasteiger partial charge >= 0.3 is 0 Å². The van der Waals surface area contributed by atoms with Gasteiger partial charge in [0, 0.05) is 26.7 Å². The lowest BCUT2D eigenvalue weighted by atomic mass is 9.96. The Labute approximate surface area is 142 Å². The van der Waals surface area contributed by atoms with E-state index in [2.05, 4.69) is 0 Å². The first-order chi connectivity index (χ1) is 11.4. The lowest BCUT2D eigenvalue weighted by molar-refractivity contribution is -0.136. The fraction of sp³-hybridized carbons (Fsp3) is 0.474. The molecule has 0 saturated carbocycles. The molecule has 0 aliphatic carbocycles. The Kier molecular flexibility index (Phi) is 4.45. The van der Waals surface area contributed by atoms with Gasteiger partial charge in [0.25, 0.3) is 11.8 Å². The second-order valence-electron chi connectivity index (χ2n) is 6.83. The van der Waals surface area contributed by atoms with Crippen molar-refractivity contribution in [1.29, 1.82) is 0 Å². The lowest BCUT2D eigenvalue weighted by Crippen LogP contribution is -2.39. The van der Waals surface area contributed by atoms with Crippen LogP contribution in [0.25, 0.3) is 5.57 Å². The van der Waals surface area contributed by atoms with E-state index < -0.39 is 0 Å². The zero-order chi connectivity index (χ0) is 17.4. The molecular formula is C19H24N2O3. The Morgan fingerprint density at radius 2 is 1.92 bits per heavy atom. The predicted octanol–water partition coefficient (Wildman–Crippen LogP) is 1.72. The van der Waals surface area contributed by atoms with Gasteiger partial charge in [-0.2, -0.15) is 0 Å². The van der Waals surface area contributed by atoms with Crippen LogP contribution in [-0.4, -0.2) is 53.5 Å². The van der Waals surface area contributed by atoms with Crippen molar-refractivity contribution in [2.75, 3.05) is 26.7 Å². The van der Waals surface area contributed by atoms with Crippen molar-refractivity contribution >= 4 is 17.4 Å². The van der Waals surface area contributed by atoms with E-state index in [0.29, 0.717) is 17.8 Å². The lowest BCUT2D eigenvalue weighted by Gasteiger charge is -2.34. The van der Waals surface area contributed by atoms with Gasteiger partial charge in [0.1, 0.15) is 5.70 Å². The van der Waals surface area contributed by atoms with Crippen molar-refractivity contribution in [3.05, 3.63) is 40.6 Å². The molecule has 1 N–H and O–H groups in total. The van der Waals surface area contributed by atoms with Gasteiger partial charge < -0.3 is 10.0 Å². The van der Waals surface area contributed by atoms with Crippen LogP contribution in [-0.2, 0) is 9.59 Å². The number of rotatable bonds is 3. The molecule has 2 amide bonds. The summed E-state index contributed by atoms with van der Waals surface area (Å²) in [7, 11) is 1.53. The average molecular weight is 328 g/mol. The highest BCUT2D eigenvalue weighted by Gasteiger charge is 2.40. The van der Waals surface area contributed by atoms with Crippen LogP contribution in [0.1, 0.15) is 29.5 Å². The Balaban J connectivity index is 2.08. The summed E-state index contributed by atoms with van der Waals surface area (Å²) in [5.41, 5.74) is 4.03. The number of nitrogens with zero attached hydrogens (tertiary/aromatic N) is 2. The zero-order valence-corrected chi connectivity index (χ0v) is 14.5. The Morgan fingerprint density at radius 1 is 1.17 bits per heavy atom. The van der Waals surface area contributed by atoms with E-state index in [0.717, 1.165) is 36.1 Å². The van der Waals surface area contributed by atoms with E-state index in [1.165, 1.54) is 11.9 Å². The second-order valence-corrected chi connectivity index (χ2v) is 6.83. The SMILES string of the molecule is Cc1ccc(C2=C(N3CCCC(CO)C3)C(=O)N(C)C2=O)cc1C. The minimum Gasteiger partial charge on any atom is -0.396 e. The van der Waals surface area contributed by atoms with Crippen molar-refractivity contribution < 1.29 is 14.7 Å². The first-order valence-corrected chi connectivity index (χ1v) is 8.44. The quantitative estimate of drug-likeness (QED) is 0.858. The number of likely N-dealkylation sites (tertiary alicyclic amines) is 1. The second kappa shape index (κ2) is 6.40. The Bertz CT molecular complexity index is 723. The topological polar surface area (TPSA) is 60.9 Å². The van der Waals surface area contributed by atoms with Gasteiger partial charge in [0.05, 0.1) is 5.57 Å². The average Bonchev–Trinajstić information content (AvgIpc) is 2.81. The van der Waals surface area contributed by atoms with Crippen LogP contribution in [0.3, 0.4) is 0 Å². The van der Waals surface area contributed by atoms with Crippen LogP contribution in [0.2, 0.25) is 0 Å². The number of likely N-dealkylation sites (N-methyl/N-ethyl adjacent to an activating group) is 1. The largest absolute Gasteiger partial charge is 0.396 e. The number of aliphatic hydroxyl groups excluding tert-OH is 1. The molecule has 5 nitrogen and oxygen atoms in total. The molecular weight excluding hydrogens is 304 g/mol. The molecule has 0 radical (unpaired) electrons. The van der Waals surface area contributed by atoms with Gasteiger partial charge in [-0.3, -0.25) is 14.5 Å². The third-order valence-electron chi connectivity index (χ3n) is 5.15. The maximum absolute atomic E-state index is 12.7. The summed E-state index contributed by atoms with van der Waals surface area (Å²) >= 11 is 0. The van der Waals surface area contributed by atoms with Crippen molar-refractivity contribution in [2.45, 2.75) is 26.7 Å². The van der Waals surface area contributed by atoms with Crippen molar-refractivity contribution in [1.82, 2.24) is 9.80 Å². The number of carbonyl (C=O) groups is 2.